The van der Waals surface area contributed by atoms with E-state index in [-0.39, 0.29) is 11.5 Å². The van der Waals surface area contributed by atoms with Crippen LogP contribution in [0, 0.1) is 6.92 Å². The first-order valence-electron chi connectivity index (χ1n) is 9.32. The molecule has 1 aromatic heterocycles. The average molecular weight is 424 g/mol. The van der Waals surface area contributed by atoms with Crippen LogP contribution in [0.3, 0.4) is 0 Å². The number of carbonyl (C=O) groups excluding carboxylic acids is 2. The molecule has 0 aliphatic carbocycles. The zero-order valence-electron chi connectivity index (χ0n) is 16.6. The lowest BCUT2D eigenvalue weighted by Gasteiger charge is -2.15. The summed E-state index contributed by atoms with van der Waals surface area (Å²) in [6.07, 6.45) is -0.543. The van der Waals surface area contributed by atoms with Gasteiger partial charge in [0.05, 0.1) is 17.4 Å². The van der Waals surface area contributed by atoms with Crippen molar-refractivity contribution in [1.29, 1.82) is 0 Å². The highest BCUT2D eigenvalue weighted by molar-refractivity contribution is 5.89. The molecule has 2 aromatic carbocycles. The Labute approximate surface area is 176 Å². The summed E-state index contributed by atoms with van der Waals surface area (Å²) >= 11 is 0. The SMILES string of the molecule is Cc1ccc(OCC(=O)NC(CC(N)=O)C(=O)O)c(-c2cc3ccccc3c(=O)o2)c1. The number of aryl methyl sites for hydroxylation is 1. The van der Waals surface area contributed by atoms with Crippen molar-refractivity contribution in [2.75, 3.05) is 6.61 Å². The second-order valence-corrected chi connectivity index (χ2v) is 6.90. The largest absolute Gasteiger partial charge is 0.483 e. The molecule has 0 aliphatic rings. The van der Waals surface area contributed by atoms with Crippen molar-refractivity contribution in [3.05, 3.63) is 64.5 Å². The maximum atomic E-state index is 12.3. The van der Waals surface area contributed by atoms with Crippen LogP contribution in [0.5, 0.6) is 5.75 Å². The van der Waals surface area contributed by atoms with Gasteiger partial charge in [0.1, 0.15) is 17.6 Å². The number of nitrogens with one attached hydrogen (secondary N) is 1. The zero-order chi connectivity index (χ0) is 22.5. The van der Waals surface area contributed by atoms with Crippen LogP contribution in [-0.2, 0) is 14.4 Å². The molecule has 1 unspecified atom stereocenters. The van der Waals surface area contributed by atoms with Crippen molar-refractivity contribution < 1.29 is 28.6 Å². The Bertz CT molecular complexity index is 1220. The van der Waals surface area contributed by atoms with E-state index < -0.39 is 42.5 Å². The first kappa shape index (κ1) is 21.6. The van der Waals surface area contributed by atoms with Crippen molar-refractivity contribution in [2.24, 2.45) is 5.73 Å². The second-order valence-electron chi connectivity index (χ2n) is 6.90. The Morgan fingerprint density at radius 3 is 2.61 bits per heavy atom. The van der Waals surface area contributed by atoms with E-state index in [1.54, 1.807) is 48.5 Å². The summed E-state index contributed by atoms with van der Waals surface area (Å²) in [5, 5.41) is 12.4. The maximum absolute atomic E-state index is 12.3. The van der Waals surface area contributed by atoms with E-state index in [9.17, 15) is 19.2 Å². The maximum Gasteiger partial charge on any atom is 0.344 e. The minimum atomic E-state index is -1.45. The molecule has 3 rings (SSSR count). The first-order chi connectivity index (χ1) is 14.7. The highest BCUT2D eigenvalue weighted by Crippen LogP contribution is 2.32. The predicted molar refractivity (Wildman–Crippen MR) is 112 cm³/mol. The number of hydrogen-bond acceptors (Lipinski definition) is 6. The smallest absolute Gasteiger partial charge is 0.344 e. The molecule has 3 aromatic rings. The van der Waals surface area contributed by atoms with E-state index in [1.807, 2.05) is 6.92 Å². The molecule has 0 bridgehead atoms. The molecule has 0 fully saturated rings. The lowest BCUT2D eigenvalue weighted by atomic mass is 10.1. The first-order valence-corrected chi connectivity index (χ1v) is 9.32. The molecule has 9 heteroatoms. The van der Waals surface area contributed by atoms with E-state index in [1.165, 1.54) is 0 Å². The summed E-state index contributed by atoms with van der Waals surface area (Å²) in [4.78, 5) is 46.6. The van der Waals surface area contributed by atoms with Crippen molar-refractivity contribution in [2.45, 2.75) is 19.4 Å². The van der Waals surface area contributed by atoms with Gasteiger partial charge in [0.15, 0.2) is 6.61 Å². The summed E-state index contributed by atoms with van der Waals surface area (Å²) in [7, 11) is 0. The summed E-state index contributed by atoms with van der Waals surface area (Å²) in [5.41, 5.74) is 5.83. The van der Waals surface area contributed by atoms with Gasteiger partial charge in [0.2, 0.25) is 5.91 Å². The minimum Gasteiger partial charge on any atom is -0.483 e. The van der Waals surface area contributed by atoms with Crippen molar-refractivity contribution in [3.63, 3.8) is 0 Å². The zero-order valence-corrected chi connectivity index (χ0v) is 16.6. The number of aliphatic carboxylic acids is 1. The van der Waals surface area contributed by atoms with E-state index in [0.717, 1.165) is 5.56 Å². The number of nitrogens with two attached hydrogens (primary N) is 1. The van der Waals surface area contributed by atoms with Gasteiger partial charge in [-0.15, -0.1) is 0 Å². The monoisotopic (exact) mass is 424 g/mol. The van der Waals surface area contributed by atoms with Crippen LogP contribution in [0.25, 0.3) is 22.1 Å². The predicted octanol–water partition coefficient (Wildman–Crippen LogP) is 1.59. The van der Waals surface area contributed by atoms with Gasteiger partial charge in [-0.05, 0) is 36.6 Å². The Balaban J connectivity index is 1.84. The van der Waals surface area contributed by atoms with Crippen LogP contribution in [0.4, 0.5) is 0 Å². The van der Waals surface area contributed by atoms with Gasteiger partial charge in [-0.3, -0.25) is 9.59 Å². The highest BCUT2D eigenvalue weighted by Gasteiger charge is 2.22. The Morgan fingerprint density at radius 2 is 1.90 bits per heavy atom. The third-order valence-electron chi connectivity index (χ3n) is 4.47. The van der Waals surface area contributed by atoms with Crippen LogP contribution in [0.2, 0.25) is 0 Å². The van der Waals surface area contributed by atoms with Crippen molar-refractivity contribution in [1.82, 2.24) is 5.32 Å². The third kappa shape index (κ3) is 5.27. The molecule has 1 atom stereocenters. The quantitative estimate of drug-likeness (QED) is 0.497. The van der Waals surface area contributed by atoms with E-state index in [2.05, 4.69) is 5.32 Å². The van der Waals surface area contributed by atoms with Gasteiger partial charge in [-0.25, -0.2) is 9.59 Å². The fourth-order valence-electron chi connectivity index (χ4n) is 3.01. The molecule has 0 saturated heterocycles. The van der Waals surface area contributed by atoms with Gasteiger partial charge >= 0.3 is 11.6 Å². The average Bonchev–Trinajstić information content (AvgIpc) is 2.72. The number of amides is 2. The molecule has 9 nitrogen and oxygen atoms in total. The summed E-state index contributed by atoms with van der Waals surface area (Å²) in [6.45, 7) is 1.33. The molecule has 0 aliphatic heterocycles. The number of rotatable bonds is 8. The molecule has 31 heavy (non-hydrogen) atoms. The normalized spacial score (nSPS) is 11.6. The van der Waals surface area contributed by atoms with Gasteiger partial charge in [0, 0.05) is 0 Å². The Hall–Kier alpha value is -4.14. The number of carboxylic acids is 1. The van der Waals surface area contributed by atoms with Crippen LogP contribution in [0.15, 0.2) is 57.7 Å². The number of ether oxygens (including phenoxy) is 1. The van der Waals surface area contributed by atoms with Gasteiger partial charge in [-0.1, -0.05) is 29.8 Å². The van der Waals surface area contributed by atoms with E-state index in [4.69, 9.17) is 20.0 Å². The minimum absolute atomic E-state index is 0.264. The fourth-order valence-corrected chi connectivity index (χ4v) is 3.01. The number of carbonyl (C=O) groups is 3. The molecule has 4 N–H and O–H groups in total. The van der Waals surface area contributed by atoms with Gasteiger partial charge < -0.3 is 25.3 Å². The summed E-state index contributed by atoms with van der Waals surface area (Å²) < 4.78 is 11.0. The molecular weight excluding hydrogens is 404 g/mol. The lowest BCUT2D eigenvalue weighted by molar-refractivity contribution is -0.143. The standard InChI is InChI=1S/C22H20N2O7/c1-12-6-7-17(30-11-20(26)24-16(21(27)28)10-19(23)25)15(8-12)18-9-13-4-2-3-5-14(13)22(29)31-18/h2-9,16H,10-11H2,1H3,(H2,23,25)(H,24,26)(H,27,28). The molecule has 2 amide bonds. The van der Waals surface area contributed by atoms with Gasteiger partial charge in [-0.2, -0.15) is 0 Å². The summed E-state index contributed by atoms with van der Waals surface area (Å²) in [5.74, 6) is -2.47. The summed E-state index contributed by atoms with van der Waals surface area (Å²) in [6, 6.07) is 12.3. The van der Waals surface area contributed by atoms with Crippen LogP contribution in [-0.4, -0.2) is 35.5 Å². The van der Waals surface area contributed by atoms with Crippen LogP contribution < -0.4 is 21.4 Å². The number of primary amides is 1. The van der Waals surface area contributed by atoms with Crippen LogP contribution in [0.1, 0.15) is 12.0 Å². The highest BCUT2D eigenvalue weighted by atomic mass is 16.5. The molecule has 0 saturated carbocycles. The fraction of sp³-hybridized carbons (Fsp3) is 0.182. The number of carboxylic acid groups (broad SMARTS) is 1. The molecule has 0 radical (unpaired) electrons. The second kappa shape index (κ2) is 9.12. The van der Waals surface area contributed by atoms with Crippen molar-refractivity contribution >= 4 is 28.6 Å². The van der Waals surface area contributed by atoms with Crippen molar-refractivity contribution in [3.8, 4) is 17.1 Å². The number of fused-ring (bicyclic) bond motifs is 1. The Morgan fingerprint density at radius 1 is 1.16 bits per heavy atom. The third-order valence-corrected chi connectivity index (χ3v) is 4.47. The van der Waals surface area contributed by atoms with Crippen LogP contribution >= 0.6 is 0 Å². The molecule has 1 heterocycles. The lowest BCUT2D eigenvalue weighted by Crippen LogP contribution is -2.45. The topological polar surface area (TPSA) is 149 Å². The molecular formula is C22H20N2O7. The Kier molecular flexibility index (Phi) is 6.35. The van der Waals surface area contributed by atoms with E-state index >= 15 is 0 Å². The molecule has 0 spiro atoms. The number of hydrogen-bond donors (Lipinski definition) is 3. The molecule has 160 valence electrons. The van der Waals surface area contributed by atoms with E-state index in [0.29, 0.717) is 16.3 Å². The number of benzene rings is 2. The van der Waals surface area contributed by atoms with Gasteiger partial charge in [0.25, 0.3) is 5.91 Å².